The third-order valence-electron chi connectivity index (χ3n) is 9.45. The zero-order chi connectivity index (χ0) is 33.1. The predicted molar refractivity (Wildman–Crippen MR) is 194 cm³/mol. The van der Waals surface area contributed by atoms with E-state index in [1.807, 2.05) is 0 Å². The van der Waals surface area contributed by atoms with Gasteiger partial charge in [-0.3, -0.25) is 9.59 Å². The Kier molecular flexibility index (Phi) is 34.9. The molecular weight excluding hydrogens is 558 g/mol. The lowest BCUT2D eigenvalue weighted by atomic mass is 10.0. The standard InChI is InChI=1S/C40H79NO4/c1-4-7-9-11-13-15-17-19-20-21-23-25-27-29-31-33-35-41-38(36-39(42)43)40(44)45-37(6-3)34-32-30-28-26-24-22-18-16-14-12-10-8-5-2/h37-38,41H,4-36H2,1-3H3,(H,42,43)/t37?,38-/m0/s1. The van der Waals surface area contributed by atoms with Crippen LogP contribution < -0.4 is 5.32 Å². The summed E-state index contributed by atoms with van der Waals surface area (Å²) in [7, 11) is 0. The van der Waals surface area contributed by atoms with E-state index in [1.165, 1.54) is 167 Å². The van der Waals surface area contributed by atoms with Crippen LogP contribution in [0.1, 0.15) is 226 Å². The van der Waals surface area contributed by atoms with Gasteiger partial charge in [-0.15, -0.1) is 0 Å². The Morgan fingerprint density at radius 3 is 1.18 bits per heavy atom. The Hall–Kier alpha value is -1.10. The summed E-state index contributed by atoms with van der Waals surface area (Å²) in [4.78, 5) is 24.2. The first-order chi connectivity index (χ1) is 22.0. The number of esters is 1. The number of unbranched alkanes of at least 4 members (excludes halogenated alkanes) is 27. The summed E-state index contributed by atoms with van der Waals surface area (Å²) < 4.78 is 5.79. The van der Waals surface area contributed by atoms with Crippen molar-refractivity contribution >= 4 is 11.9 Å². The minimum absolute atomic E-state index is 0.112. The van der Waals surface area contributed by atoms with Gasteiger partial charge >= 0.3 is 11.9 Å². The molecule has 0 aromatic carbocycles. The van der Waals surface area contributed by atoms with Crippen molar-refractivity contribution in [3.8, 4) is 0 Å². The van der Waals surface area contributed by atoms with Crippen LogP contribution in [0.4, 0.5) is 0 Å². The molecule has 0 aromatic heterocycles. The number of carbonyl (C=O) groups is 2. The van der Waals surface area contributed by atoms with Crippen LogP contribution in [0.2, 0.25) is 0 Å². The smallest absolute Gasteiger partial charge is 0.324 e. The first-order valence-electron chi connectivity index (χ1n) is 20.2. The number of ether oxygens (including phenoxy) is 1. The zero-order valence-electron chi connectivity index (χ0n) is 30.7. The summed E-state index contributed by atoms with van der Waals surface area (Å²) in [5.41, 5.74) is 0. The van der Waals surface area contributed by atoms with E-state index in [1.54, 1.807) is 0 Å². The lowest BCUT2D eigenvalue weighted by Gasteiger charge is -2.21. The SMILES string of the molecule is CCCCCCCCCCCCCCCCCCN[C@@H](CC(=O)O)C(=O)OC(CC)CCCCCCCCCCCCCCC. The molecule has 2 N–H and O–H groups in total. The van der Waals surface area contributed by atoms with Crippen LogP contribution in [0.25, 0.3) is 0 Å². The molecule has 0 bridgehead atoms. The molecule has 2 atom stereocenters. The molecular formula is C40H79NO4. The van der Waals surface area contributed by atoms with Gasteiger partial charge in [-0.25, -0.2) is 0 Å². The molecule has 0 aromatic rings. The monoisotopic (exact) mass is 638 g/mol. The van der Waals surface area contributed by atoms with Gasteiger partial charge in [0, 0.05) is 0 Å². The van der Waals surface area contributed by atoms with Gasteiger partial charge in [0.25, 0.3) is 0 Å². The second-order valence-electron chi connectivity index (χ2n) is 13.9. The molecule has 45 heavy (non-hydrogen) atoms. The lowest BCUT2D eigenvalue weighted by molar-refractivity contribution is -0.155. The number of carboxylic acid groups (broad SMARTS) is 1. The highest BCUT2D eigenvalue weighted by atomic mass is 16.5. The van der Waals surface area contributed by atoms with Gasteiger partial charge in [-0.2, -0.15) is 0 Å². The van der Waals surface area contributed by atoms with E-state index in [0.717, 1.165) is 32.1 Å². The fraction of sp³-hybridized carbons (Fsp3) is 0.950. The van der Waals surface area contributed by atoms with E-state index in [4.69, 9.17) is 4.74 Å². The Balaban J connectivity index is 3.84. The van der Waals surface area contributed by atoms with Crippen molar-refractivity contribution in [2.75, 3.05) is 6.54 Å². The van der Waals surface area contributed by atoms with Crippen molar-refractivity contribution in [3.05, 3.63) is 0 Å². The molecule has 268 valence electrons. The Morgan fingerprint density at radius 2 is 0.844 bits per heavy atom. The van der Waals surface area contributed by atoms with Gasteiger partial charge < -0.3 is 15.2 Å². The van der Waals surface area contributed by atoms with Gasteiger partial charge in [-0.05, 0) is 32.2 Å². The fourth-order valence-corrected chi connectivity index (χ4v) is 6.35. The van der Waals surface area contributed by atoms with Gasteiger partial charge in [0.2, 0.25) is 0 Å². The van der Waals surface area contributed by atoms with Crippen molar-refractivity contribution in [1.29, 1.82) is 0 Å². The Bertz CT molecular complexity index is 625. The zero-order valence-corrected chi connectivity index (χ0v) is 30.7. The van der Waals surface area contributed by atoms with E-state index >= 15 is 0 Å². The van der Waals surface area contributed by atoms with E-state index < -0.39 is 18.0 Å². The Morgan fingerprint density at radius 1 is 0.511 bits per heavy atom. The minimum Gasteiger partial charge on any atom is -0.481 e. The molecule has 0 radical (unpaired) electrons. The second kappa shape index (κ2) is 35.7. The summed E-state index contributed by atoms with van der Waals surface area (Å²) in [6.45, 7) is 7.27. The summed E-state index contributed by atoms with van der Waals surface area (Å²) in [6.07, 6.45) is 39.7. The highest BCUT2D eigenvalue weighted by molar-refractivity contribution is 5.82. The molecule has 0 spiro atoms. The fourth-order valence-electron chi connectivity index (χ4n) is 6.35. The summed E-state index contributed by atoms with van der Waals surface area (Å²) in [5.74, 6) is -1.35. The van der Waals surface area contributed by atoms with E-state index in [0.29, 0.717) is 6.54 Å². The highest BCUT2D eigenvalue weighted by Gasteiger charge is 2.25. The molecule has 0 saturated carbocycles. The van der Waals surface area contributed by atoms with Crippen LogP contribution >= 0.6 is 0 Å². The van der Waals surface area contributed by atoms with Gasteiger partial charge in [-0.1, -0.05) is 194 Å². The van der Waals surface area contributed by atoms with Gasteiger partial charge in [0.1, 0.15) is 12.1 Å². The molecule has 1 unspecified atom stereocenters. The molecule has 0 amide bonds. The van der Waals surface area contributed by atoms with Crippen molar-refractivity contribution in [2.24, 2.45) is 0 Å². The quantitative estimate of drug-likeness (QED) is 0.0523. The average Bonchev–Trinajstić information content (AvgIpc) is 3.03. The molecule has 0 saturated heterocycles. The maximum Gasteiger partial charge on any atom is 0.324 e. The maximum atomic E-state index is 12.8. The number of carbonyl (C=O) groups excluding carboxylic acids is 1. The van der Waals surface area contributed by atoms with Crippen LogP contribution in [0, 0.1) is 0 Å². The largest absolute Gasteiger partial charge is 0.481 e. The molecule has 0 rings (SSSR count). The van der Waals surface area contributed by atoms with Crippen LogP contribution in [0.15, 0.2) is 0 Å². The normalized spacial score (nSPS) is 12.8. The highest BCUT2D eigenvalue weighted by Crippen LogP contribution is 2.17. The number of hydrogen-bond donors (Lipinski definition) is 2. The summed E-state index contributed by atoms with van der Waals surface area (Å²) in [6, 6.07) is -0.750. The molecule has 0 aliphatic rings. The number of rotatable bonds is 37. The lowest BCUT2D eigenvalue weighted by Crippen LogP contribution is -2.41. The molecule has 0 heterocycles. The second-order valence-corrected chi connectivity index (χ2v) is 13.9. The Labute approximate surface area is 281 Å². The first kappa shape index (κ1) is 43.9. The van der Waals surface area contributed by atoms with Crippen molar-refractivity contribution in [1.82, 2.24) is 5.32 Å². The molecule has 5 nitrogen and oxygen atoms in total. The van der Waals surface area contributed by atoms with Crippen LogP contribution in [-0.4, -0.2) is 35.7 Å². The third kappa shape index (κ3) is 32.6. The van der Waals surface area contributed by atoms with E-state index in [2.05, 4.69) is 26.1 Å². The maximum absolute atomic E-state index is 12.8. The van der Waals surface area contributed by atoms with Crippen molar-refractivity contribution in [2.45, 2.75) is 238 Å². The van der Waals surface area contributed by atoms with Crippen molar-refractivity contribution in [3.63, 3.8) is 0 Å². The number of nitrogens with one attached hydrogen (secondary N) is 1. The minimum atomic E-state index is -0.957. The topological polar surface area (TPSA) is 75.6 Å². The first-order valence-corrected chi connectivity index (χ1v) is 20.2. The number of carboxylic acids is 1. The van der Waals surface area contributed by atoms with E-state index in [9.17, 15) is 14.7 Å². The van der Waals surface area contributed by atoms with Crippen LogP contribution in [0.5, 0.6) is 0 Å². The predicted octanol–water partition coefficient (Wildman–Crippen LogP) is 12.5. The summed E-state index contributed by atoms with van der Waals surface area (Å²) >= 11 is 0. The van der Waals surface area contributed by atoms with Crippen LogP contribution in [0.3, 0.4) is 0 Å². The molecule has 0 aliphatic carbocycles. The van der Waals surface area contributed by atoms with Crippen LogP contribution in [-0.2, 0) is 14.3 Å². The van der Waals surface area contributed by atoms with Crippen molar-refractivity contribution < 1.29 is 19.4 Å². The average molecular weight is 638 g/mol. The van der Waals surface area contributed by atoms with Gasteiger partial charge in [0.15, 0.2) is 0 Å². The molecule has 0 fully saturated rings. The molecule has 5 heteroatoms. The van der Waals surface area contributed by atoms with Gasteiger partial charge in [0.05, 0.1) is 6.42 Å². The summed E-state index contributed by atoms with van der Waals surface area (Å²) in [5, 5.41) is 12.5. The number of hydrogen-bond acceptors (Lipinski definition) is 4. The number of aliphatic carboxylic acids is 1. The van der Waals surface area contributed by atoms with E-state index in [-0.39, 0.29) is 12.5 Å². The molecule has 0 aliphatic heterocycles. The third-order valence-corrected chi connectivity index (χ3v) is 9.45.